The molecule has 0 spiro atoms. The van der Waals surface area contributed by atoms with Crippen LogP contribution in [0.3, 0.4) is 0 Å². The van der Waals surface area contributed by atoms with Crippen LogP contribution in [0.25, 0.3) is 11.1 Å². The van der Waals surface area contributed by atoms with Crippen LogP contribution in [0.5, 0.6) is 0 Å². The van der Waals surface area contributed by atoms with Crippen LogP contribution >= 0.6 is 11.6 Å². The Morgan fingerprint density at radius 1 is 1.41 bits per heavy atom. The molecule has 17 heavy (non-hydrogen) atoms. The second kappa shape index (κ2) is 4.80. The predicted octanol–water partition coefficient (Wildman–Crippen LogP) is 3.28. The Labute approximate surface area is 106 Å². The third kappa shape index (κ3) is 2.44. The van der Waals surface area contributed by atoms with Gasteiger partial charge in [0.1, 0.15) is 0 Å². The van der Waals surface area contributed by atoms with Crippen molar-refractivity contribution < 1.29 is 0 Å². The van der Waals surface area contributed by atoms with Gasteiger partial charge in [0.25, 0.3) is 0 Å². The van der Waals surface area contributed by atoms with Gasteiger partial charge in [-0.3, -0.25) is 4.68 Å². The smallest absolute Gasteiger partial charge is 0.0702 e. The highest BCUT2D eigenvalue weighted by atomic mass is 35.5. The second-order valence-electron chi connectivity index (χ2n) is 4.15. The van der Waals surface area contributed by atoms with Gasteiger partial charge in [-0.15, -0.1) is 0 Å². The summed E-state index contributed by atoms with van der Waals surface area (Å²) in [5.74, 6) is 0. The number of nitrogens with zero attached hydrogens (tertiary/aromatic N) is 2. The van der Waals surface area contributed by atoms with Gasteiger partial charge in [-0.2, -0.15) is 5.10 Å². The Kier molecular flexibility index (Phi) is 3.38. The van der Waals surface area contributed by atoms with Gasteiger partial charge in [0.2, 0.25) is 0 Å². The molecule has 0 aliphatic heterocycles. The van der Waals surface area contributed by atoms with E-state index in [0.29, 0.717) is 10.7 Å². The molecule has 0 fully saturated rings. The summed E-state index contributed by atoms with van der Waals surface area (Å²) in [5, 5.41) is 5.06. The van der Waals surface area contributed by atoms with Crippen LogP contribution in [0, 0.1) is 0 Å². The maximum Gasteiger partial charge on any atom is 0.0702 e. The highest BCUT2D eigenvalue weighted by Gasteiger charge is 2.10. The second-order valence-corrected chi connectivity index (χ2v) is 4.56. The maximum absolute atomic E-state index is 6.05. The fourth-order valence-corrected chi connectivity index (χ4v) is 2.07. The van der Waals surface area contributed by atoms with Crippen molar-refractivity contribution in [3.63, 3.8) is 0 Å². The lowest BCUT2D eigenvalue weighted by Crippen LogP contribution is -1.91. The molecule has 0 radical (unpaired) electrons. The summed E-state index contributed by atoms with van der Waals surface area (Å²) in [6, 6.07) is 5.71. The van der Waals surface area contributed by atoms with E-state index >= 15 is 0 Å². The number of aromatic nitrogens is 2. The Morgan fingerprint density at radius 3 is 2.82 bits per heavy atom. The SMILES string of the molecule is CCCc1nn(C)cc1-c1ccc(N)c(Cl)c1. The number of anilines is 1. The third-order valence-electron chi connectivity index (χ3n) is 2.70. The van der Waals surface area contributed by atoms with Crippen molar-refractivity contribution in [1.82, 2.24) is 9.78 Å². The molecule has 2 rings (SSSR count). The van der Waals surface area contributed by atoms with Crippen molar-refractivity contribution in [1.29, 1.82) is 0 Å². The molecule has 1 aromatic heterocycles. The Balaban J connectivity index is 2.47. The summed E-state index contributed by atoms with van der Waals surface area (Å²) in [6.45, 7) is 2.15. The fraction of sp³-hybridized carbons (Fsp3) is 0.308. The van der Waals surface area contributed by atoms with Gasteiger partial charge in [0, 0.05) is 18.8 Å². The van der Waals surface area contributed by atoms with Crippen LogP contribution < -0.4 is 5.73 Å². The normalized spacial score (nSPS) is 10.8. The molecule has 0 aliphatic carbocycles. The third-order valence-corrected chi connectivity index (χ3v) is 3.03. The van der Waals surface area contributed by atoms with Crippen LogP contribution in [0.1, 0.15) is 19.0 Å². The lowest BCUT2D eigenvalue weighted by Gasteiger charge is -2.04. The molecule has 0 amide bonds. The molecule has 4 heteroatoms. The molecule has 0 unspecified atom stereocenters. The van der Waals surface area contributed by atoms with Crippen LogP contribution in [0.4, 0.5) is 5.69 Å². The number of halogens is 1. The minimum absolute atomic E-state index is 0.591. The highest BCUT2D eigenvalue weighted by Crippen LogP contribution is 2.29. The Morgan fingerprint density at radius 2 is 2.18 bits per heavy atom. The number of hydrogen-bond donors (Lipinski definition) is 1. The fourth-order valence-electron chi connectivity index (χ4n) is 1.89. The first kappa shape index (κ1) is 12.0. The predicted molar refractivity (Wildman–Crippen MR) is 72.1 cm³/mol. The van der Waals surface area contributed by atoms with Crippen LogP contribution in [-0.4, -0.2) is 9.78 Å². The lowest BCUT2D eigenvalue weighted by atomic mass is 10.0. The monoisotopic (exact) mass is 249 g/mol. The Hall–Kier alpha value is -1.48. The largest absolute Gasteiger partial charge is 0.398 e. The summed E-state index contributed by atoms with van der Waals surface area (Å²) < 4.78 is 1.84. The zero-order valence-corrected chi connectivity index (χ0v) is 10.8. The highest BCUT2D eigenvalue weighted by molar-refractivity contribution is 6.33. The van der Waals surface area contributed by atoms with Gasteiger partial charge in [0.05, 0.1) is 16.4 Å². The van der Waals surface area contributed by atoms with E-state index in [-0.39, 0.29) is 0 Å². The summed E-state index contributed by atoms with van der Waals surface area (Å²) in [6.07, 6.45) is 4.07. The molecule has 0 atom stereocenters. The van der Waals surface area contributed by atoms with Crippen molar-refractivity contribution in [2.24, 2.45) is 7.05 Å². The minimum atomic E-state index is 0.591. The van der Waals surface area contributed by atoms with E-state index in [9.17, 15) is 0 Å². The molecule has 1 aromatic carbocycles. The van der Waals surface area contributed by atoms with E-state index in [2.05, 4.69) is 12.0 Å². The van der Waals surface area contributed by atoms with Crippen molar-refractivity contribution in [2.75, 3.05) is 5.73 Å². The number of nitrogens with two attached hydrogens (primary N) is 1. The molecular formula is C13H16ClN3. The van der Waals surface area contributed by atoms with E-state index in [0.717, 1.165) is 29.7 Å². The number of rotatable bonds is 3. The first-order valence-corrected chi connectivity index (χ1v) is 6.07. The van der Waals surface area contributed by atoms with E-state index in [4.69, 9.17) is 17.3 Å². The standard InChI is InChI=1S/C13H16ClN3/c1-3-4-13-10(8-17(2)16-13)9-5-6-12(15)11(14)7-9/h5-8H,3-4,15H2,1-2H3. The van der Waals surface area contributed by atoms with Crippen LogP contribution in [0.15, 0.2) is 24.4 Å². The average Bonchev–Trinajstić information content (AvgIpc) is 2.64. The van der Waals surface area contributed by atoms with Gasteiger partial charge in [-0.05, 0) is 24.1 Å². The maximum atomic E-state index is 6.05. The van der Waals surface area contributed by atoms with Gasteiger partial charge < -0.3 is 5.73 Å². The summed E-state index contributed by atoms with van der Waals surface area (Å²) in [4.78, 5) is 0. The van der Waals surface area contributed by atoms with E-state index < -0.39 is 0 Å². The minimum Gasteiger partial charge on any atom is -0.398 e. The number of nitrogen functional groups attached to an aromatic ring is 1. The molecule has 0 aliphatic rings. The molecule has 90 valence electrons. The Bertz CT molecular complexity index is 531. The first-order valence-electron chi connectivity index (χ1n) is 5.69. The zero-order valence-electron chi connectivity index (χ0n) is 10.1. The van der Waals surface area contributed by atoms with Gasteiger partial charge >= 0.3 is 0 Å². The van der Waals surface area contributed by atoms with Crippen molar-refractivity contribution in [2.45, 2.75) is 19.8 Å². The topological polar surface area (TPSA) is 43.8 Å². The van der Waals surface area contributed by atoms with Gasteiger partial charge in [-0.1, -0.05) is 31.0 Å². The van der Waals surface area contributed by atoms with Crippen molar-refractivity contribution >= 4 is 17.3 Å². The van der Waals surface area contributed by atoms with E-state index in [1.807, 2.05) is 36.1 Å². The molecule has 3 nitrogen and oxygen atoms in total. The average molecular weight is 250 g/mol. The number of aryl methyl sites for hydroxylation is 2. The molecule has 1 heterocycles. The molecule has 0 bridgehead atoms. The van der Waals surface area contributed by atoms with Crippen molar-refractivity contribution in [3.8, 4) is 11.1 Å². The summed E-state index contributed by atoms with van der Waals surface area (Å²) in [7, 11) is 1.93. The molecule has 0 saturated heterocycles. The number of hydrogen-bond acceptors (Lipinski definition) is 2. The molecule has 2 N–H and O–H groups in total. The molecule has 0 saturated carbocycles. The van der Waals surface area contributed by atoms with Gasteiger partial charge in [-0.25, -0.2) is 0 Å². The molecule has 2 aromatic rings. The van der Waals surface area contributed by atoms with E-state index in [1.165, 1.54) is 0 Å². The van der Waals surface area contributed by atoms with Crippen LogP contribution in [0.2, 0.25) is 5.02 Å². The number of benzene rings is 1. The van der Waals surface area contributed by atoms with Gasteiger partial charge in [0.15, 0.2) is 0 Å². The summed E-state index contributed by atoms with van der Waals surface area (Å²) in [5.41, 5.74) is 9.64. The van der Waals surface area contributed by atoms with Crippen LogP contribution in [-0.2, 0) is 13.5 Å². The molecular weight excluding hydrogens is 234 g/mol. The van der Waals surface area contributed by atoms with E-state index in [1.54, 1.807) is 0 Å². The summed E-state index contributed by atoms with van der Waals surface area (Å²) >= 11 is 6.05. The lowest BCUT2D eigenvalue weighted by molar-refractivity contribution is 0.733. The zero-order chi connectivity index (χ0) is 12.4. The quantitative estimate of drug-likeness (QED) is 0.849. The first-order chi connectivity index (χ1) is 8.11. The van der Waals surface area contributed by atoms with Crippen molar-refractivity contribution in [3.05, 3.63) is 35.1 Å².